The smallest absolute Gasteiger partial charge is 0.214 e. The minimum atomic E-state index is -3.53. The molecule has 0 unspecified atom stereocenters. The van der Waals surface area contributed by atoms with Crippen molar-refractivity contribution < 1.29 is 8.42 Å². The average Bonchev–Trinajstić information content (AvgIpc) is 3.22. The van der Waals surface area contributed by atoms with Gasteiger partial charge in [-0.1, -0.05) is 53.2 Å². The predicted molar refractivity (Wildman–Crippen MR) is 117 cm³/mol. The molecule has 0 N–H and O–H groups in total. The van der Waals surface area contributed by atoms with E-state index in [1.165, 1.54) is 11.8 Å². The summed E-state index contributed by atoms with van der Waals surface area (Å²) in [6.07, 6.45) is 0. The lowest BCUT2D eigenvalue weighted by molar-refractivity contribution is 0.596. The summed E-state index contributed by atoms with van der Waals surface area (Å²) in [4.78, 5) is 0.559. The molecule has 0 radical (unpaired) electrons. The lowest BCUT2D eigenvalue weighted by Crippen LogP contribution is -2.02. The molecule has 0 atom stereocenters. The van der Waals surface area contributed by atoms with E-state index in [0.29, 0.717) is 15.9 Å². The number of benzene rings is 3. The molecule has 4 aromatic rings. The van der Waals surface area contributed by atoms with Crippen LogP contribution >= 0.6 is 23.4 Å². The number of aromatic nitrogens is 4. The Morgan fingerprint density at radius 1 is 0.900 bits per heavy atom. The van der Waals surface area contributed by atoms with Crippen LogP contribution in [0, 0.1) is 6.92 Å². The van der Waals surface area contributed by atoms with E-state index in [2.05, 4.69) is 15.5 Å². The number of rotatable bonds is 6. The largest absolute Gasteiger partial charge is 0.219 e. The molecule has 0 aliphatic heterocycles. The van der Waals surface area contributed by atoms with Crippen LogP contribution in [0.3, 0.4) is 0 Å². The molecule has 0 bridgehead atoms. The molecule has 0 saturated carbocycles. The summed E-state index contributed by atoms with van der Waals surface area (Å²) in [5, 5.41) is 13.1. The summed E-state index contributed by atoms with van der Waals surface area (Å²) in [7, 11) is -3.53. The topological polar surface area (TPSA) is 77.7 Å². The molecule has 0 fully saturated rings. The fraction of sp³-hybridized carbons (Fsp3) is 0.0952. The van der Waals surface area contributed by atoms with Crippen molar-refractivity contribution in [3.63, 3.8) is 0 Å². The number of thioether (sulfide) groups is 1. The Hall–Kier alpha value is -2.68. The number of sulfone groups is 1. The summed E-state index contributed by atoms with van der Waals surface area (Å²) >= 11 is 7.40. The molecule has 0 saturated heterocycles. The fourth-order valence-electron chi connectivity index (χ4n) is 2.78. The molecule has 9 heteroatoms. The number of aryl methyl sites for hydroxylation is 1. The first-order valence-electron chi connectivity index (χ1n) is 9.01. The normalized spacial score (nSPS) is 11.5. The van der Waals surface area contributed by atoms with E-state index in [0.717, 1.165) is 16.8 Å². The number of tetrazole rings is 1. The number of hydrogen-bond donors (Lipinski definition) is 0. The minimum Gasteiger partial charge on any atom is -0.219 e. The third kappa shape index (κ3) is 4.40. The Bertz CT molecular complexity index is 1250. The van der Waals surface area contributed by atoms with Crippen LogP contribution in [-0.2, 0) is 15.6 Å². The number of halogens is 1. The van der Waals surface area contributed by atoms with Gasteiger partial charge < -0.3 is 0 Å². The first-order chi connectivity index (χ1) is 14.4. The first kappa shape index (κ1) is 20.6. The van der Waals surface area contributed by atoms with Gasteiger partial charge in [-0.3, -0.25) is 0 Å². The second kappa shape index (κ2) is 8.59. The van der Waals surface area contributed by atoms with Crippen molar-refractivity contribution in [1.82, 2.24) is 20.2 Å². The highest BCUT2D eigenvalue weighted by Crippen LogP contribution is 2.26. The van der Waals surface area contributed by atoms with Crippen molar-refractivity contribution in [2.24, 2.45) is 0 Å². The second-order valence-electron chi connectivity index (χ2n) is 6.60. The maximum Gasteiger partial charge on any atom is 0.214 e. The molecule has 0 amide bonds. The van der Waals surface area contributed by atoms with Crippen LogP contribution in [-0.4, -0.2) is 28.6 Å². The van der Waals surface area contributed by atoms with Gasteiger partial charge in [0.15, 0.2) is 0 Å². The van der Waals surface area contributed by atoms with E-state index in [9.17, 15) is 8.42 Å². The van der Waals surface area contributed by atoms with Gasteiger partial charge >= 0.3 is 0 Å². The third-order valence-corrected chi connectivity index (χ3v) is 7.47. The summed E-state index contributed by atoms with van der Waals surface area (Å²) < 4.78 is 27.2. The molecule has 0 aliphatic carbocycles. The molecule has 1 aromatic heterocycles. The Morgan fingerprint density at radius 2 is 1.50 bits per heavy atom. The zero-order valence-corrected chi connectivity index (χ0v) is 18.3. The minimum absolute atomic E-state index is 0.270. The van der Waals surface area contributed by atoms with E-state index >= 15 is 0 Å². The molecule has 3 aromatic carbocycles. The van der Waals surface area contributed by atoms with Crippen LogP contribution in [0.1, 0.15) is 11.1 Å². The van der Waals surface area contributed by atoms with Crippen molar-refractivity contribution in [2.45, 2.75) is 27.6 Å². The second-order valence-corrected chi connectivity index (χ2v) is 9.93. The summed E-state index contributed by atoms with van der Waals surface area (Å²) in [5.74, 6) is 0.596. The fourth-order valence-corrected chi connectivity index (χ4v) is 5.01. The van der Waals surface area contributed by atoms with E-state index < -0.39 is 9.84 Å². The van der Waals surface area contributed by atoms with Crippen LogP contribution in [0.25, 0.3) is 5.69 Å². The molecule has 4 rings (SSSR count). The van der Waals surface area contributed by atoms with Gasteiger partial charge in [-0.15, -0.1) is 5.10 Å². The van der Waals surface area contributed by atoms with Crippen molar-refractivity contribution in [3.8, 4) is 5.69 Å². The Labute approximate surface area is 183 Å². The Kier molecular flexibility index (Phi) is 5.90. The van der Waals surface area contributed by atoms with Crippen LogP contribution in [0.2, 0.25) is 5.02 Å². The monoisotopic (exact) mass is 456 g/mol. The Balaban J connectivity index is 1.48. The molecular weight excluding hydrogens is 440 g/mol. The van der Waals surface area contributed by atoms with Gasteiger partial charge in [0, 0.05) is 10.8 Å². The van der Waals surface area contributed by atoms with E-state index in [-0.39, 0.29) is 9.79 Å². The van der Waals surface area contributed by atoms with Gasteiger partial charge in [0.2, 0.25) is 15.0 Å². The molecule has 1 heterocycles. The van der Waals surface area contributed by atoms with Crippen LogP contribution < -0.4 is 0 Å². The van der Waals surface area contributed by atoms with Crippen LogP contribution in [0.5, 0.6) is 0 Å². The van der Waals surface area contributed by atoms with Gasteiger partial charge in [0.05, 0.1) is 15.5 Å². The van der Waals surface area contributed by atoms with Crippen LogP contribution in [0.4, 0.5) is 0 Å². The SMILES string of the molecule is Cc1ccc(S(=O)(=O)c2ccc(CSc3nnnn3-c3ccc(Cl)cc3)cc2)cc1. The lowest BCUT2D eigenvalue weighted by Gasteiger charge is -2.07. The lowest BCUT2D eigenvalue weighted by atomic mass is 10.2. The molecule has 0 aliphatic rings. The standard InChI is InChI=1S/C21H17ClN4O2S2/c1-15-2-10-19(11-3-15)30(27,28)20-12-4-16(5-13-20)14-29-21-23-24-25-26(21)18-8-6-17(22)7-9-18/h2-13H,14H2,1H3. The maximum atomic E-state index is 12.8. The Morgan fingerprint density at radius 3 is 2.13 bits per heavy atom. The summed E-state index contributed by atoms with van der Waals surface area (Å²) in [6.45, 7) is 1.92. The van der Waals surface area contributed by atoms with Gasteiger partial charge in [-0.2, -0.15) is 4.68 Å². The van der Waals surface area contributed by atoms with Gasteiger partial charge in [-0.25, -0.2) is 8.42 Å². The highest BCUT2D eigenvalue weighted by atomic mass is 35.5. The highest BCUT2D eigenvalue weighted by molar-refractivity contribution is 7.98. The molecule has 0 spiro atoms. The zero-order valence-electron chi connectivity index (χ0n) is 15.9. The predicted octanol–water partition coefficient (Wildman–Crippen LogP) is 4.75. The van der Waals surface area contributed by atoms with E-state index in [4.69, 9.17) is 11.6 Å². The molecular formula is C21H17ClN4O2S2. The van der Waals surface area contributed by atoms with Crippen LogP contribution in [0.15, 0.2) is 87.7 Å². The summed E-state index contributed by atoms with van der Waals surface area (Å²) in [6, 6.07) is 21.0. The zero-order chi connectivity index (χ0) is 21.1. The molecule has 152 valence electrons. The van der Waals surface area contributed by atoms with Gasteiger partial charge in [0.25, 0.3) is 0 Å². The van der Waals surface area contributed by atoms with Crippen molar-refractivity contribution in [3.05, 3.63) is 88.9 Å². The average molecular weight is 457 g/mol. The molecule has 30 heavy (non-hydrogen) atoms. The van der Waals surface area contributed by atoms with Crippen molar-refractivity contribution in [1.29, 1.82) is 0 Å². The van der Waals surface area contributed by atoms with E-state index in [1.54, 1.807) is 53.2 Å². The van der Waals surface area contributed by atoms with E-state index in [1.807, 2.05) is 31.2 Å². The van der Waals surface area contributed by atoms with Crippen molar-refractivity contribution in [2.75, 3.05) is 0 Å². The third-order valence-electron chi connectivity index (χ3n) is 4.44. The first-order valence-corrected chi connectivity index (χ1v) is 11.9. The van der Waals surface area contributed by atoms with Gasteiger partial charge in [-0.05, 0) is 71.4 Å². The molecule has 6 nitrogen and oxygen atoms in total. The maximum absolute atomic E-state index is 12.8. The number of hydrogen-bond acceptors (Lipinski definition) is 6. The summed E-state index contributed by atoms with van der Waals surface area (Å²) in [5.41, 5.74) is 2.79. The van der Waals surface area contributed by atoms with Crippen molar-refractivity contribution >= 4 is 33.2 Å². The van der Waals surface area contributed by atoms with Gasteiger partial charge in [0.1, 0.15) is 0 Å². The quantitative estimate of drug-likeness (QED) is 0.389. The number of nitrogens with zero attached hydrogens (tertiary/aromatic N) is 4. The highest BCUT2D eigenvalue weighted by Gasteiger charge is 2.17.